The second-order valence-corrected chi connectivity index (χ2v) is 7.33. The average molecular weight is 346 g/mol. The summed E-state index contributed by atoms with van der Waals surface area (Å²) in [7, 11) is 1.86. The van der Waals surface area contributed by atoms with Crippen molar-refractivity contribution in [3.05, 3.63) is 0 Å². The molecule has 2 fully saturated rings. The van der Waals surface area contributed by atoms with Crippen LogP contribution in [0.2, 0.25) is 0 Å². The fourth-order valence-corrected chi connectivity index (χ4v) is 3.58. The number of rotatable bonds is 3. The van der Waals surface area contributed by atoms with E-state index in [0.717, 1.165) is 38.5 Å². The van der Waals surface area contributed by atoms with E-state index in [1.54, 1.807) is 0 Å². The van der Waals surface area contributed by atoms with Crippen LogP contribution < -0.4 is 5.73 Å². The first-order valence-corrected chi connectivity index (χ1v) is 8.70. The monoisotopic (exact) mass is 345 g/mol. The number of hydrogen-bond donors (Lipinski definition) is 1. The van der Waals surface area contributed by atoms with Crippen molar-refractivity contribution in [3.63, 3.8) is 0 Å². The molecule has 2 rings (SSSR count). The standard InChI is InChI=1S/C17H31N3O2.ClH/c1-13(2)19(3)15(21)14-7-11-20(12-8-14)16(22)17(18)9-5-4-6-10-17;/h13-14H,4-12,18H2,1-3H3;1H. The zero-order valence-electron chi connectivity index (χ0n) is 14.7. The Balaban J connectivity index is 0.00000264. The van der Waals surface area contributed by atoms with Crippen LogP contribution in [0.25, 0.3) is 0 Å². The van der Waals surface area contributed by atoms with E-state index in [4.69, 9.17) is 5.73 Å². The third-order valence-corrected chi connectivity index (χ3v) is 5.43. The van der Waals surface area contributed by atoms with Gasteiger partial charge in [-0.1, -0.05) is 19.3 Å². The van der Waals surface area contributed by atoms with E-state index in [9.17, 15) is 9.59 Å². The Hall–Kier alpha value is -0.810. The summed E-state index contributed by atoms with van der Waals surface area (Å²) in [5.74, 6) is 0.370. The molecular weight excluding hydrogens is 314 g/mol. The molecule has 23 heavy (non-hydrogen) atoms. The first kappa shape index (κ1) is 20.2. The number of carbonyl (C=O) groups is 2. The molecule has 1 saturated heterocycles. The first-order valence-electron chi connectivity index (χ1n) is 8.70. The van der Waals surface area contributed by atoms with Gasteiger partial charge in [-0.25, -0.2) is 0 Å². The molecule has 0 bridgehead atoms. The number of carbonyl (C=O) groups excluding carboxylic acids is 2. The number of halogens is 1. The van der Waals surface area contributed by atoms with Gasteiger partial charge in [0.25, 0.3) is 0 Å². The second-order valence-electron chi connectivity index (χ2n) is 7.33. The van der Waals surface area contributed by atoms with Gasteiger partial charge < -0.3 is 15.5 Å². The fourth-order valence-electron chi connectivity index (χ4n) is 3.58. The number of nitrogens with zero attached hydrogens (tertiary/aromatic N) is 2. The Labute approximate surface area is 146 Å². The molecule has 5 nitrogen and oxygen atoms in total. The smallest absolute Gasteiger partial charge is 0.242 e. The van der Waals surface area contributed by atoms with Crippen LogP contribution in [-0.4, -0.2) is 53.3 Å². The van der Waals surface area contributed by atoms with Gasteiger partial charge >= 0.3 is 0 Å². The lowest BCUT2D eigenvalue weighted by Crippen LogP contribution is -2.58. The minimum atomic E-state index is -0.649. The summed E-state index contributed by atoms with van der Waals surface area (Å²) >= 11 is 0. The highest BCUT2D eigenvalue weighted by Crippen LogP contribution is 2.29. The Bertz CT molecular complexity index is 414. The minimum Gasteiger partial charge on any atom is -0.343 e. The second kappa shape index (κ2) is 8.34. The molecule has 0 aromatic carbocycles. The van der Waals surface area contributed by atoms with Crippen molar-refractivity contribution in [1.29, 1.82) is 0 Å². The summed E-state index contributed by atoms with van der Waals surface area (Å²) in [6, 6.07) is 0.224. The van der Waals surface area contributed by atoms with Gasteiger partial charge in [-0.3, -0.25) is 9.59 Å². The molecule has 1 aliphatic heterocycles. The van der Waals surface area contributed by atoms with E-state index in [1.165, 1.54) is 6.42 Å². The molecule has 1 aliphatic carbocycles. The number of nitrogens with two attached hydrogens (primary N) is 1. The van der Waals surface area contributed by atoms with Gasteiger partial charge in [0.1, 0.15) is 0 Å². The molecule has 0 aromatic heterocycles. The first-order chi connectivity index (χ1) is 10.3. The molecule has 0 atom stereocenters. The predicted octanol–water partition coefficient (Wildman–Crippen LogP) is 2.18. The fraction of sp³-hybridized carbons (Fsp3) is 0.882. The van der Waals surface area contributed by atoms with Gasteiger partial charge in [0.2, 0.25) is 11.8 Å². The zero-order chi connectivity index (χ0) is 16.3. The minimum absolute atomic E-state index is 0. The summed E-state index contributed by atoms with van der Waals surface area (Å²) in [5, 5.41) is 0. The Morgan fingerprint density at radius 2 is 1.65 bits per heavy atom. The number of piperidine rings is 1. The zero-order valence-corrected chi connectivity index (χ0v) is 15.5. The van der Waals surface area contributed by atoms with Gasteiger partial charge in [0.05, 0.1) is 5.54 Å². The third kappa shape index (κ3) is 4.60. The Kier molecular flexibility index (Phi) is 7.33. The Morgan fingerprint density at radius 1 is 1.13 bits per heavy atom. The predicted molar refractivity (Wildman–Crippen MR) is 94.5 cm³/mol. The molecule has 0 unspecified atom stereocenters. The maximum Gasteiger partial charge on any atom is 0.242 e. The number of hydrogen-bond acceptors (Lipinski definition) is 3. The normalized spacial score (nSPS) is 21.7. The molecule has 2 N–H and O–H groups in total. The molecular formula is C17H32ClN3O2. The van der Waals surface area contributed by atoms with Gasteiger partial charge in [-0.2, -0.15) is 0 Å². The summed E-state index contributed by atoms with van der Waals surface area (Å²) in [6.07, 6.45) is 6.42. The van der Waals surface area contributed by atoms with Gasteiger partial charge in [-0.05, 0) is 39.5 Å². The summed E-state index contributed by atoms with van der Waals surface area (Å²) < 4.78 is 0. The SMILES string of the molecule is CC(C)N(C)C(=O)C1CCN(C(=O)C2(N)CCCCC2)CC1.Cl. The van der Waals surface area contributed by atoms with Crippen LogP contribution >= 0.6 is 12.4 Å². The lowest BCUT2D eigenvalue weighted by Gasteiger charge is -2.40. The molecule has 0 radical (unpaired) electrons. The Morgan fingerprint density at radius 3 is 2.13 bits per heavy atom. The van der Waals surface area contributed by atoms with Crippen LogP contribution in [0.3, 0.4) is 0 Å². The summed E-state index contributed by atoms with van der Waals surface area (Å²) in [4.78, 5) is 28.8. The molecule has 0 spiro atoms. The van der Waals surface area contributed by atoms with Crippen molar-refractivity contribution in [2.24, 2.45) is 11.7 Å². The highest BCUT2D eigenvalue weighted by Gasteiger charge is 2.40. The van der Waals surface area contributed by atoms with E-state index in [0.29, 0.717) is 13.1 Å². The number of likely N-dealkylation sites (tertiary alicyclic amines) is 1. The molecule has 134 valence electrons. The van der Waals surface area contributed by atoms with Crippen LogP contribution in [-0.2, 0) is 9.59 Å². The number of amides is 2. The van der Waals surface area contributed by atoms with Gasteiger partial charge in [-0.15, -0.1) is 12.4 Å². The van der Waals surface area contributed by atoms with Crippen LogP contribution in [0.15, 0.2) is 0 Å². The van der Waals surface area contributed by atoms with Crippen LogP contribution in [0.1, 0.15) is 58.8 Å². The van der Waals surface area contributed by atoms with Crippen molar-refractivity contribution in [3.8, 4) is 0 Å². The lowest BCUT2D eigenvalue weighted by molar-refractivity contribution is -0.144. The maximum atomic E-state index is 12.7. The van der Waals surface area contributed by atoms with E-state index >= 15 is 0 Å². The maximum absolute atomic E-state index is 12.7. The molecule has 0 aromatic rings. The third-order valence-electron chi connectivity index (χ3n) is 5.43. The molecule has 2 amide bonds. The van der Waals surface area contributed by atoms with E-state index in [1.807, 2.05) is 30.7 Å². The van der Waals surface area contributed by atoms with Crippen LogP contribution in [0, 0.1) is 5.92 Å². The quantitative estimate of drug-likeness (QED) is 0.852. The highest BCUT2D eigenvalue weighted by molar-refractivity contribution is 5.87. The molecule has 2 aliphatic rings. The van der Waals surface area contributed by atoms with Crippen LogP contribution in [0.4, 0.5) is 0 Å². The van der Waals surface area contributed by atoms with Crippen LogP contribution in [0.5, 0.6) is 0 Å². The summed E-state index contributed by atoms with van der Waals surface area (Å²) in [6.45, 7) is 5.38. The van der Waals surface area contributed by atoms with E-state index in [2.05, 4.69) is 0 Å². The van der Waals surface area contributed by atoms with Crippen molar-refractivity contribution in [2.75, 3.05) is 20.1 Å². The van der Waals surface area contributed by atoms with Crippen molar-refractivity contribution >= 4 is 24.2 Å². The largest absolute Gasteiger partial charge is 0.343 e. The van der Waals surface area contributed by atoms with Crippen molar-refractivity contribution < 1.29 is 9.59 Å². The van der Waals surface area contributed by atoms with Gasteiger partial charge in [0, 0.05) is 32.1 Å². The molecule has 1 heterocycles. The van der Waals surface area contributed by atoms with Crippen molar-refractivity contribution in [2.45, 2.75) is 70.4 Å². The average Bonchev–Trinajstić information content (AvgIpc) is 2.53. The van der Waals surface area contributed by atoms with E-state index < -0.39 is 5.54 Å². The lowest BCUT2D eigenvalue weighted by atomic mass is 9.81. The topological polar surface area (TPSA) is 66.6 Å². The van der Waals surface area contributed by atoms with Crippen molar-refractivity contribution in [1.82, 2.24) is 9.80 Å². The van der Waals surface area contributed by atoms with Gasteiger partial charge in [0.15, 0.2) is 0 Å². The molecule has 1 saturated carbocycles. The highest BCUT2D eigenvalue weighted by atomic mass is 35.5. The molecule has 6 heteroatoms. The van der Waals surface area contributed by atoms with E-state index in [-0.39, 0.29) is 36.2 Å². The summed E-state index contributed by atoms with van der Waals surface area (Å²) in [5.41, 5.74) is 5.70.